The number of nitrogens with zero attached hydrogens (tertiary/aromatic N) is 1. The SMILES string of the molecule is CCOCCN(C)c1ccccc1CC(C)N. The third-order valence-corrected chi connectivity index (χ3v) is 2.72. The summed E-state index contributed by atoms with van der Waals surface area (Å²) >= 11 is 0. The maximum Gasteiger partial charge on any atom is 0.0641 e. The van der Waals surface area contributed by atoms with Gasteiger partial charge >= 0.3 is 0 Å². The van der Waals surface area contributed by atoms with Crippen molar-refractivity contribution in [2.24, 2.45) is 5.73 Å². The van der Waals surface area contributed by atoms with Gasteiger partial charge in [-0.25, -0.2) is 0 Å². The van der Waals surface area contributed by atoms with Gasteiger partial charge in [0.2, 0.25) is 0 Å². The van der Waals surface area contributed by atoms with E-state index in [4.69, 9.17) is 10.5 Å². The van der Waals surface area contributed by atoms with E-state index in [0.29, 0.717) is 0 Å². The van der Waals surface area contributed by atoms with E-state index in [1.54, 1.807) is 0 Å². The second-order valence-corrected chi connectivity index (χ2v) is 4.43. The first-order valence-corrected chi connectivity index (χ1v) is 6.27. The van der Waals surface area contributed by atoms with Gasteiger partial charge < -0.3 is 15.4 Å². The van der Waals surface area contributed by atoms with Crippen molar-refractivity contribution in [3.8, 4) is 0 Å². The number of hydrogen-bond donors (Lipinski definition) is 1. The maximum atomic E-state index is 5.87. The molecule has 17 heavy (non-hydrogen) atoms. The molecule has 0 spiro atoms. The molecule has 0 radical (unpaired) electrons. The minimum atomic E-state index is 0.191. The van der Waals surface area contributed by atoms with Crippen LogP contribution in [-0.4, -0.2) is 32.8 Å². The number of nitrogens with two attached hydrogens (primary N) is 1. The second kappa shape index (κ2) is 7.30. The zero-order valence-electron chi connectivity index (χ0n) is 11.1. The van der Waals surface area contributed by atoms with Crippen LogP contribution in [0.4, 0.5) is 5.69 Å². The van der Waals surface area contributed by atoms with E-state index in [0.717, 1.165) is 26.2 Å². The summed E-state index contributed by atoms with van der Waals surface area (Å²) in [4.78, 5) is 2.23. The molecule has 0 fully saturated rings. The minimum absolute atomic E-state index is 0.191. The fraction of sp³-hybridized carbons (Fsp3) is 0.571. The van der Waals surface area contributed by atoms with Crippen LogP contribution < -0.4 is 10.6 Å². The minimum Gasteiger partial charge on any atom is -0.380 e. The smallest absolute Gasteiger partial charge is 0.0641 e. The van der Waals surface area contributed by atoms with Crippen LogP contribution in [0.25, 0.3) is 0 Å². The van der Waals surface area contributed by atoms with Gasteiger partial charge in [0.1, 0.15) is 0 Å². The number of para-hydroxylation sites is 1. The van der Waals surface area contributed by atoms with Gasteiger partial charge in [-0.15, -0.1) is 0 Å². The van der Waals surface area contributed by atoms with E-state index in [2.05, 4.69) is 36.2 Å². The van der Waals surface area contributed by atoms with Crippen molar-refractivity contribution in [3.63, 3.8) is 0 Å². The molecule has 0 heterocycles. The molecule has 0 bridgehead atoms. The predicted octanol–water partition coefficient (Wildman–Crippen LogP) is 2.05. The summed E-state index contributed by atoms with van der Waals surface area (Å²) in [6.07, 6.45) is 0.912. The highest BCUT2D eigenvalue weighted by atomic mass is 16.5. The molecule has 0 aliphatic carbocycles. The molecule has 1 aromatic carbocycles. The fourth-order valence-corrected chi connectivity index (χ4v) is 1.87. The van der Waals surface area contributed by atoms with E-state index >= 15 is 0 Å². The Morgan fingerprint density at radius 1 is 1.35 bits per heavy atom. The molecule has 1 atom stereocenters. The molecule has 0 amide bonds. The highest BCUT2D eigenvalue weighted by molar-refractivity contribution is 5.53. The Morgan fingerprint density at radius 3 is 2.71 bits per heavy atom. The van der Waals surface area contributed by atoms with Gasteiger partial charge in [0.25, 0.3) is 0 Å². The largest absolute Gasteiger partial charge is 0.380 e. The van der Waals surface area contributed by atoms with Crippen LogP contribution in [0.3, 0.4) is 0 Å². The number of anilines is 1. The van der Waals surface area contributed by atoms with Crippen LogP contribution in [0.1, 0.15) is 19.4 Å². The lowest BCUT2D eigenvalue weighted by molar-refractivity contribution is 0.154. The quantitative estimate of drug-likeness (QED) is 0.736. The standard InChI is InChI=1S/C14H24N2O/c1-4-17-10-9-16(3)14-8-6-5-7-13(14)11-12(2)15/h5-8,12H,4,9-11,15H2,1-3H3. The molecule has 1 unspecified atom stereocenters. The second-order valence-electron chi connectivity index (χ2n) is 4.43. The normalized spacial score (nSPS) is 12.5. The lowest BCUT2D eigenvalue weighted by atomic mass is 10.0. The highest BCUT2D eigenvalue weighted by Gasteiger charge is 2.08. The Balaban J connectivity index is 2.67. The fourth-order valence-electron chi connectivity index (χ4n) is 1.87. The molecule has 3 heteroatoms. The van der Waals surface area contributed by atoms with Gasteiger partial charge in [-0.2, -0.15) is 0 Å². The van der Waals surface area contributed by atoms with Gasteiger partial charge in [-0.3, -0.25) is 0 Å². The molecule has 1 aromatic rings. The summed E-state index contributed by atoms with van der Waals surface area (Å²) in [5.74, 6) is 0. The average molecular weight is 236 g/mol. The Bertz CT molecular complexity index is 326. The summed E-state index contributed by atoms with van der Waals surface area (Å²) in [6, 6.07) is 8.62. The van der Waals surface area contributed by atoms with Crippen molar-refractivity contribution in [1.82, 2.24) is 0 Å². The predicted molar refractivity (Wildman–Crippen MR) is 73.6 cm³/mol. The van der Waals surface area contributed by atoms with Crippen molar-refractivity contribution in [3.05, 3.63) is 29.8 Å². The Hall–Kier alpha value is -1.06. The van der Waals surface area contributed by atoms with Crippen molar-refractivity contribution >= 4 is 5.69 Å². The van der Waals surface area contributed by atoms with E-state index < -0.39 is 0 Å². The average Bonchev–Trinajstić information content (AvgIpc) is 2.29. The number of hydrogen-bond acceptors (Lipinski definition) is 3. The van der Waals surface area contributed by atoms with Crippen molar-refractivity contribution < 1.29 is 4.74 Å². The zero-order chi connectivity index (χ0) is 12.7. The summed E-state index contributed by atoms with van der Waals surface area (Å²) in [6.45, 7) is 6.50. The molecule has 1 rings (SSSR count). The van der Waals surface area contributed by atoms with Gasteiger partial charge in [-0.05, 0) is 31.9 Å². The zero-order valence-corrected chi connectivity index (χ0v) is 11.1. The molecule has 0 saturated carbocycles. The highest BCUT2D eigenvalue weighted by Crippen LogP contribution is 2.20. The third-order valence-electron chi connectivity index (χ3n) is 2.72. The van der Waals surface area contributed by atoms with Gasteiger partial charge in [-0.1, -0.05) is 18.2 Å². The molecule has 0 aliphatic heterocycles. The van der Waals surface area contributed by atoms with E-state index in [1.165, 1.54) is 11.3 Å². The molecular weight excluding hydrogens is 212 g/mol. The molecule has 0 aliphatic rings. The third kappa shape index (κ3) is 4.75. The first-order valence-electron chi connectivity index (χ1n) is 6.27. The first-order chi connectivity index (χ1) is 8.15. The summed E-state index contributed by atoms with van der Waals surface area (Å²) in [5, 5.41) is 0. The van der Waals surface area contributed by atoms with Gasteiger partial charge in [0.05, 0.1) is 6.61 Å². The van der Waals surface area contributed by atoms with Crippen LogP contribution in [0, 0.1) is 0 Å². The van der Waals surface area contributed by atoms with E-state index in [-0.39, 0.29) is 6.04 Å². The molecule has 96 valence electrons. The van der Waals surface area contributed by atoms with Gasteiger partial charge in [0.15, 0.2) is 0 Å². The Morgan fingerprint density at radius 2 is 2.06 bits per heavy atom. The van der Waals surface area contributed by atoms with Crippen molar-refractivity contribution in [1.29, 1.82) is 0 Å². The van der Waals surface area contributed by atoms with Crippen LogP contribution in [0.15, 0.2) is 24.3 Å². The van der Waals surface area contributed by atoms with Crippen LogP contribution in [0.5, 0.6) is 0 Å². The lowest BCUT2D eigenvalue weighted by Crippen LogP contribution is -2.25. The van der Waals surface area contributed by atoms with Crippen LogP contribution in [-0.2, 0) is 11.2 Å². The van der Waals surface area contributed by atoms with Gasteiger partial charge in [0, 0.05) is 31.9 Å². The van der Waals surface area contributed by atoms with E-state index in [9.17, 15) is 0 Å². The first kappa shape index (κ1) is 14.0. The lowest BCUT2D eigenvalue weighted by Gasteiger charge is -2.23. The molecule has 0 aromatic heterocycles. The monoisotopic (exact) mass is 236 g/mol. The number of likely N-dealkylation sites (N-methyl/N-ethyl adjacent to an activating group) is 1. The Labute approximate surface area is 105 Å². The van der Waals surface area contributed by atoms with Crippen LogP contribution in [0.2, 0.25) is 0 Å². The number of benzene rings is 1. The van der Waals surface area contributed by atoms with E-state index in [1.807, 2.05) is 13.8 Å². The molecular formula is C14H24N2O. The Kier molecular flexibility index (Phi) is 6.01. The topological polar surface area (TPSA) is 38.5 Å². The summed E-state index contributed by atoms with van der Waals surface area (Å²) < 4.78 is 5.38. The van der Waals surface area contributed by atoms with Crippen molar-refractivity contribution in [2.75, 3.05) is 31.7 Å². The maximum absolute atomic E-state index is 5.87. The number of ether oxygens (including phenoxy) is 1. The van der Waals surface area contributed by atoms with Crippen LogP contribution >= 0.6 is 0 Å². The molecule has 2 N–H and O–H groups in total. The molecule has 0 saturated heterocycles. The van der Waals surface area contributed by atoms with Crippen molar-refractivity contribution in [2.45, 2.75) is 26.3 Å². The number of rotatable bonds is 7. The summed E-state index contributed by atoms with van der Waals surface area (Å²) in [7, 11) is 2.10. The molecule has 3 nitrogen and oxygen atoms in total. The summed E-state index contributed by atoms with van der Waals surface area (Å²) in [5.41, 5.74) is 8.43.